The van der Waals surface area contributed by atoms with E-state index in [-0.39, 0.29) is 39.4 Å². The second-order valence-electron chi connectivity index (χ2n) is 6.99. The number of nitrogens with one attached hydrogen (secondary N) is 1. The van der Waals surface area contributed by atoms with Gasteiger partial charge >= 0.3 is 5.97 Å². The van der Waals surface area contributed by atoms with Crippen LogP contribution in [0.4, 0.5) is 11.5 Å². The molecule has 0 aliphatic carbocycles. The van der Waals surface area contributed by atoms with Gasteiger partial charge in [0.25, 0.3) is 11.6 Å². The number of ether oxygens (including phenoxy) is 1. The molecule has 2 aromatic carbocycles. The summed E-state index contributed by atoms with van der Waals surface area (Å²) in [5.41, 5.74) is 8.26. The number of nitrogens with zero attached hydrogens (tertiary/aromatic N) is 7. The third-order valence-electron chi connectivity index (χ3n) is 4.58. The molecule has 1 amide bonds. The lowest BCUT2D eigenvalue weighted by Crippen LogP contribution is -2.22. The third-order valence-corrected chi connectivity index (χ3v) is 4.90. The number of hydrogen-bond acceptors (Lipinski definition) is 12. The number of hydrazone groups is 1. The van der Waals surface area contributed by atoms with Crippen LogP contribution in [-0.2, 0) is 0 Å². The lowest BCUT2D eigenvalue weighted by molar-refractivity contribution is -0.384. The molecule has 2 aromatic heterocycles. The fraction of sp³-hybridized carbons (Fsp3) is 0.0500. The maximum absolute atomic E-state index is 12.6. The molecule has 3 N–H and O–H groups in total. The molecule has 0 fully saturated rings. The average Bonchev–Trinajstić information content (AvgIpc) is 3.44. The number of nitro benzene ring substituents is 1. The van der Waals surface area contributed by atoms with Gasteiger partial charge in [0.05, 0.1) is 22.4 Å². The minimum atomic E-state index is -0.824. The summed E-state index contributed by atoms with van der Waals surface area (Å²) in [6, 6.07) is 9.76. The van der Waals surface area contributed by atoms with Crippen molar-refractivity contribution in [2.45, 2.75) is 6.92 Å². The molecule has 182 valence electrons. The number of carbonyl (C=O) groups is 2. The van der Waals surface area contributed by atoms with Gasteiger partial charge in [0, 0.05) is 6.07 Å². The molecule has 0 atom stereocenters. The Morgan fingerprint density at radius 1 is 1.28 bits per heavy atom. The van der Waals surface area contributed by atoms with E-state index in [1.165, 1.54) is 30.5 Å². The van der Waals surface area contributed by atoms with Gasteiger partial charge in [-0.05, 0) is 47.1 Å². The number of carbonyl (C=O) groups excluding carboxylic acids is 2. The summed E-state index contributed by atoms with van der Waals surface area (Å²) in [5.74, 6) is -1.44. The zero-order valence-electron chi connectivity index (χ0n) is 18.2. The molecule has 0 aliphatic heterocycles. The van der Waals surface area contributed by atoms with Crippen LogP contribution in [0.3, 0.4) is 0 Å². The van der Waals surface area contributed by atoms with Crippen LogP contribution in [0.2, 0.25) is 5.02 Å². The van der Waals surface area contributed by atoms with Gasteiger partial charge in [0.1, 0.15) is 10.8 Å². The molecule has 0 saturated heterocycles. The standard InChI is InChI=1S/C20H14ClN9O6/c1-10-16(29(28-24-10)18-17(22)26-36-27-18)19(31)25-23-9-11-3-2-4-13(7-11)35-20(32)12-5-6-14(21)15(8-12)30(33)34/h2-9H,1H3,(H2,22,26)(H,25,31)/b23-9+. The minimum absolute atomic E-state index is 0.00860. The van der Waals surface area contributed by atoms with Crippen molar-refractivity contribution >= 4 is 41.2 Å². The minimum Gasteiger partial charge on any atom is -0.423 e. The molecule has 0 unspecified atom stereocenters. The number of nitrogens with two attached hydrogens (primary N) is 1. The van der Waals surface area contributed by atoms with Gasteiger partial charge in [0.2, 0.25) is 11.6 Å². The van der Waals surface area contributed by atoms with Gasteiger partial charge in [-0.25, -0.2) is 14.8 Å². The molecule has 2 heterocycles. The highest BCUT2D eigenvalue weighted by Crippen LogP contribution is 2.26. The van der Waals surface area contributed by atoms with Crippen molar-refractivity contribution in [1.29, 1.82) is 0 Å². The lowest BCUT2D eigenvalue weighted by atomic mass is 10.2. The van der Waals surface area contributed by atoms with Crippen molar-refractivity contribution in [2.75, 3.05) is 5.73 Å². The van der Waals surface area contributed by atoms with Crippen molar-refractivity contribution in [3.63, 3.8) is 0 Å². The normalized spacial score (nSPS) is 10.9. The van der Waals surface area contributed by atoms with Crippen molar-refractivity contribution in [2.24, 2.45) is 5.10 Å². The number of halogens is 1. The van der Waals surface area contributed by atoms with Crippen molar-refractivity contribution < 1.29 is 23.9 Å². The van der Waals surface area contributed by atoms with Crippen LogP contribution in [-0.4, -0.2) is 48.3 Å². The predicted molar refractivity (Wildman–Crippen MR) is 123 cm³/mol. The number of benzene rings is 2. The van der Waals surface area contributed by atoms with Crippen LogP contribution < -0.4 is 15.9 Å². The van der Waals surface area contributed by atoms with Crippen LogP contribution in [0.5, 0.6) is 5.75 Å². The van der Waals surface area contributed by atoms with Crippen LogP contribution in [0.25, 0.3) is 5.82 Å². The molecule has 15 nitrogen and oxygen atoms in total. The molecule has 16 heteroatoms. The van der Waals surface area contributed by atoms with Crippen molar-refractivity contribution in [1.82, 2.24) is 30.7 Å². The molecular weight excluding hydrogens is 498 g/mol. The van der Waals surface area contributed by atoms with Crippen molar-refractivity contribution in [3.8, 4) is 11.6 Å². The molecule has 0 bridgehead atoms. The highest BCUT2D eigenvalue weighted by Gasteiger charge is 2.23. The lowest BCUT2D eigenvalue weighted by Gasteiger charge is -2.06. The van der Waals surface area contributed by atoms with E-state index in [0.29, 0.717) is 5.56 Å². The Kier molecular flexibility index (Phi) is 6.64. The number of anilines is 1. The number of aromatic nitrogens is 5. The van der Waals surface area contributed by atoms with E-state index in [1.807, 2.05) is 0 Å². The summed E-state index contributed by atoms with van der Waals surface area (Å²) in [7, 11) is 0. The van der Waals surface area contributed by atoms with Gasteiger partial charge in [0.15, 0.2) is 5.69 Å². The SMILES string of the molecule is Cc1nnn(-c2nonc2N)c1C(=O)N/N=C/c1cccc(OC(=O)c2ccc(Cl)c([N+](=O)[O-])c2)c1. The molecule has 0 aliphatic rings. The van der Waals surface area contributed by atoms with E-state index < -0.39 is 22.5 Å². The molecule has 0 saturated carbocycles. The number of nitro groups is 1. The first-order valence-corrected chi connectivity index (χ1v) is 10.2. The maximum Gasteiger partial charge on any atom is 0.343 e. The molecule has 36 heavy (non-hydrogen) atoms. The van der Waals surface area contributed by atoms with E-state index in [4.69, 9.17) is 22.1 Å². The van der Waals surface area contributed by atoms with Crippen molar-refractivity contribution in [3.05, 3.63) is 80.1 Å². The van der Waals surface area contributed by atoms with E-state index >= 15 is 0 Å². The highest BCUT2D eigenvalue weighted by molar-refractivity contribution is 6.32. The quantitative estimate of drug-likeness (QED) is 0.121. The maximum atomic E-state index is 12.6. The first-order valence-electron chi connectivity index (χ1n) is 9.85. The molecular formula is C20H14ClN9O6. The Morgan fingerprint density at radius 2 is 2.08 bits per heavy atom. The topological polar surface area (TPSA) is 207 Å². The number of esters is 1. The fourth-order valence-corrected chi connectivity index (χ4v) is 3.11. The Balaban J connectivity index is 1.45. The largest absolute Gasteiger partial charge is 0.423 e. The Bertz CT molecular complexity index is 1510. The van der Waals surface area contributed by atoms with E-state index in [2.05, 4.69) is 35.8 Å². The molecule has 0 spiro atoms. The summed E-state index contributed by atoms with van der Waals surface area (Å²) in [6.45, 7) is 1.55. The number of nitrogen functional groups attached to an aromatic ring is 1. The van der Waals surface area contributed by atoms with Crippen LogP contribution in [0, 0.1) is 17.0 Å². The second-order valence-corrected chi connectivity index (χ2v) is 7.40. The van der Waals surface area contributed by atoms with Gasteiger partial charge < -0.3 is 10.5 Å². The van der Waals surface area contributed by atoms with Gasteiger partial charge in [-0.1, -0.05) is 28.9 Å². The highest BCUT2D eigenvalue weighted by atomic mass is 35.5. The van der Waals surface area contributed by atoms with Crippen LogP contribution in [0.1, 0.15) is 32.1 Å². The van der Waals surface area contributed by atoms with E-state index in [1.54, 1.807) is 19.1 Å². The Morgan fingerprint density at radius 3 is 2.81 bits per heavy atom. The summed E-state index contributed by atoms with van der Waals surface area (Å²) >= 11 is 5.77. The summed E-state index contributed by atoms with van der Waals surface area (Å²) in [4.78, 5) is 35.4. The number of amides is 1. The smallest absolute Gasteiger partial charge is 0.343 e. The Hall–Kier alpha value is -5.18. The number of rotatable bonds is 7. The average molecular weight is 512 g/mol. The molecule has 4 rings (SSSR count). The van der Waals surface area contributed by atoms with Gasteiger partial charge in [-0.2, -0.15) is 9.78 Å². The molecule has 0 radical (unpaired) electrons. The van der Waals surface area contributed by atoms with Gasteiger partial charge in [-0.3, -0.25) is 14.9 Å². The summed E-state index contributed by atoms with van der Waals surface area (Å²) < 4.78 is 10.9. The fourth-order valence-electron chi connectivity index (χ4n) is 2.93. The second kappa shape index (κ2) is 9.98. The van der Waals surface area contributed by atoms with E-state index in [0.717, 1.165) is 10.7 Å². The third kappa shape index (κ3) is 5.00. The zero-order valence-corrected chi connectivity index (χ0v) is 18.9. The monoisotopic (exact) mass is 511 g/mol. The predicted octanol–water partition coefficient (Wildman–Crippen LogP) is 2.09. The first-order chi connectivity index (χ1) is 17.2. The summed E-state index contributed by atoms with van der Waals surface area (Å²) in [5, 5.41) is 29.5. The Labute approximate surface area is 205 Å². The molecule has 4 aromatic rings. The van der Waals surface area contributed by atoms with Crippen LogP contribution >= 0.6 is 11.6 Å². The first kappa shape index (κ1) is 24.0. The van der Waals surface area contributed by atoms with Crippen LogP contribution in [0.15, 0.2) is 52.2 Å². The zero-order chi connectivity index (χ0) is 25.8. The van der Waals surface area contributed by atoms with Gasteiger partial charge in [-0.15, -0.1) is 5.10 Å². The summed E-state index contributed by atoms with van der Waals surface area (Å²) in [6.07, 6.45) is 1.30. The number of aryl methyl sites for hydroxylation is 1. The van der Waals surface area contributed by atoms with E-state index in [9.17, 15) is 19.7 Å². The number of hydrogen-bond donors (Lipinski definition) is 2.